The van der Waals surface area contributed by atoms with E-state index in [2.05, 4.69) is 66.2 Å². The second kappa shape index (κ2) is 24.1. The molecule has 0 aromatic carbocycles. The summed E-state index contributed by atoms with van der Waals surface area (Å²) >= 11 is 0. The maximum Gasteiger partial charge on any atom is 0.157 e. The highest BCUT2D eigenvalue weighted by atomic mass is 16.5. The van der Waals surface area contributed by atoms with Crippen molar-refractivity contribution in [3.63, 3.8) is 0 Å². The number of ketones is 2. The summed E-state index contributed by atoms with van der Waals surface area (Å²) in [6, 6.07) is 0. The molecule has 0 aromatic heterocycles. The van der Waals surface area contributed by atoms with Crippen LogP contribution < -0.4 is 0 Å². The van der Waals surface area contributed by atoms with Crippen LogP contribution in [0.4, 0.5) is 0 Å². The lowest BCUT2D eigenvalue weighted by atomic mass is 9.70. The number of hydrogen-bond acceptors (Lipinski definition) is 5. The van der Waals surface area contributed by atoms with E-state index in [-0.39, 0.29) is 35.7 Å². The zero-order valence-corrected chi connectivity index (χ0v) is 35.1. The average Bonchev–Trinajstić information content (AvgIpc) is 3.12. The van der Waals surface area contributed by atoms with Gasteiger partial charge in [-0.3, -0.25) is 9.59 Å². The number of carbonyl (C=O) groups is 2. The molecule has 1 saturated carbocycles. The van der Waals surface area contributed by atoms with Crippen molar-refractivity contribution in [2.24, 2.45) is 35.0 Å². The first kappa shape index (κ1) is 46.6. The summed E-state index contributed by atoms with van der Waals surface area (Å²) in [6.45, 7) is 20.7. The zero-order chi connectivity index (χ0) is 39.6. The van der Waals surface area contributed by atoms with Crippen molar-refractivity contribution in [3.05, 3.63) is 59.8 Å². The first-order valence-corrected chi connectivity index (χ1v) is 20.8. The Morgan fingerprint density at radius 2 is 1.66 bits per heavy atom. The fourth-order valence-electron chi connectivity index (χ4n) is 8.10. The molecule has 0 amide bonds. The third-order valence-corrected chi connectivity index (χ3v) is 12.4. The minimum Gasteiger partial charge on any atom is -0.389 e. The van der Waals surface area contributed by atoms with E-state index in [1.807, 2.05) is 38.3 Å². The van der Waals surface area contributed by atoms with Gasteiger partial charge in [0.05, 0.1) is 24.4 Å². The molecule has 2 fully saturated rings. The second-order valence-corrected chi connectivity index (χ2v) is 17.4. The molecule has 0 spiro atoms. The minimum absolute atomic E-state index is 0.00809. The Hall–Kier alpha value is -2.52. The molecular formula is C48H76O5. The van der Waals surface area contributed by atoms with Gasteiger partial charge in [0.25, 0.3) is 0 Å². The van der Waals surface area contributed by atoms with Crippen molar-refractivity contribution in [1.29, 1.82) is 0 Å². The highest BCUT2D eigenvalue weighted by molar-refractivity contribution is 5.93. The molecule has 298 valence electrons. The Kier molecular flexibility index (Phi) is 21.2. The van der Waals surface area contributed by atoms with Crippen LogP contribution in [-0.4, -0.2) is 48.2 Å². The van der Waals surface area contributed by atoms with Gasteiger partial charge in [0.15, 0.2) is 5.78 Å². The SMILES string of the molecule is C#CCC(CCC(C)/C=C(\C)C(C)CC(=O)C(C)CC(C)/C=C/C=C/C=C(\C)C(O)CC1CCCC(C(=C)C(C)=O)O1)CCC1(C)CCC(OC)CC1. The molecule has 0 aromatic rings. The molecule has 8 unspecified atom stereocenters. The van der Waals surface area contributed by atoms with Crippen LogP contribution in [0.3, 0.4) is 0 Å². The molecule has 1 saturated heterocycles. The van der Waals surface area contributed by atoms with Crippen LogP contribution >= 0.6 is 0 Å². The number of terminal acetylenes is 1. The molecule has 8 atom stereocenters. The highest BCUT2D eigenvalue weighted by Crippen LogP contribution is 2.42. The summed E-state index contributed by atoms with van der Waals surface area (Å²) in [5.74, 6) is 4.82. The predicted molar refractivity (Wildman–Crippen MR) is 222 cm³/mol. The van der Waals surface area contributed by atoms with E-state index < -0.39 is 6.10 Å². The second-order valence-electron chi connectivity index (χ2n) is 17.4. The summed E-state index contributed by atoms with van der Waals surface area (Å²) in [6.07, 6.45) is 32.8. The van der Waals surface area contributed by atoms with Crippen LogP contribution in [0, 0.1) is 47.3 Å². The summed E-state index contributed by atoms with van der Waals surface area (Å²) in [5.41, 5.74) is 3.13. The maximum atomic E-state index is 13.2. The number of aliphatic hydroxyl groups excluding tert-OH is 1. The van der Waals surface area contributed by atoms with Crippen molar-refractivity contribution in [2.75, 3.05) is 7.11 Å². The number of rotatable bonds is 23. The molecule has 1 aliphatic carbocycles. The quantitative estimate of drug-likeness (QED) is 0.0490. The summed E-state index contributed by atoms with van der Waals surface area (Å²) in [4.78, 5) is 24.9. The average molecular weight is 733 g/mol. The number of aliphatic hydroxyl groups is 1. The summed E-state index contributed by atoms with van der Waals surface area (Å²) < 4.78 is 11.7. The molecule has 2 aliphatic rings. The molecule has 5 nitrogen and oxygen atoms in total. The van der Waals surface area contributed by atoms with Crippen LogP contribution in [0.2, 0.25) is 0 Å². The number of allylic oxidation sites excluding steroid dienone is 7. The van der Waals surface area contributed by atoms with E-state index >= 15 is 0 Å². The van der Waals surface area contributed by atoms with Gasteiger partial charge in [0, 0.05) is 37.9 Å². The van der Waals surface area contributed by atoms with Crippen molar-refractivity contribution in [3.8, 4) is 12.3 Å². The summed E-state index contributed by atoms with van der Waals surface area (Å²) in [7, 11) is 1.84. The van der Waals surface area contributed by atoms with Gasteiger partial charge in [-0.2, -0.15) is 0 Å². The number of Topliss-reactive ketones (excluding diaryl/α,β-unsaturated/α-hetero) is 2. The number of ether oxygens (including phenoxy) is 2. The van der Waals surface area contributed by atoms with E-state index in [0.29, 0.717) is 47.6 Å². The fraction of sp³-hybridized carbons (Fsp3) is 0.708. The third-order valence-electron chi connectivity index (χ3n) is 12.4. The van der Waals surface area contributed by atoms with Gasteiger partial charge in [-0.25, -0.2) is 0 Å². The molecule has 0 bridgehead atoms. The monoisotopic (exact) mass is 733 g/mol. The van der Waals surface area contributed by atoms with Gasteiger partial charge in [0.1, 0.15) is 5.78 Å². The largest absolute Gasteiger partial charge is 0.389 e. The molecule has 1 N–H and O–H groups in total. The lowest BCUT2D eigenvalue weighted by Gasteiger charge is -2.37. The first-order valence-electron chi connectivity index (χ1n) is 20.8. The molecule has 1 heterocycles. The van der Waals surface area contributed by atoms with Crippen LogP contribution in [0.5, 0.6) is 0 Å². The third kappa shape index (κ3) is 17.7. The molecule has 1 aliphatic heterocycles. The van der Waals surface area contributed by atoms with Crippen molar-refractivity contribution in [1.82, 2.24) is 0 Å². The van der Waals surface area contributed by atoms with Crippen molar-refractivity contribution >= 4 is 11.6 Å². The summed E-state index contributed by atoms with van der Waals surface area (Å²) in [5, 5.41) is 10.7. The van der Waals surface area contributed by atoms with Crippen LogP contribution in [0.25, 0.3) is 0 Å². The highest BCUT2D eigenvalue weighted by Gasteiger charge is 2.32. The van der Waals surface area contributed by atoms with Crippen molar-refractivity contribution < 1.29 is 24.2 Å². The van der Waals surface area contributed by atoms with E-state index in [0.717, 1.165) is 50.5 Å². The molecular weight excluding hydrogens is 657 g/mol. The van der Waals surface area contributed by atoms with Crippen LogP contribution in [0.1, 0.15) is 152 Å². The Bertz CT molecular complexity index is 1300. The van der Waals surface area contributed by atoms with E-state index in [1.165, 1.54) is 51.0 Å². The number of carbonyl (C=O) groups excluding carboxylic acids is 2. The van der Waals surface area contributed by atoms with E-state index in [1.54, 1.807) is 0 Å². The van der Waals surface area contributed by atoms with Gasteiger partial charge in [-0.1, -0.05) is 83.2 Å². The molecule has 5 heteroatoms. The molecule has 2 rings (SSSR count). The van der Waals surface area contributed by atoms with Crippen molar-refractivity contribution in [2.45, 2.75) is 176 Å². The first-order chi connectivity index (χ1) is 25.1. The van der Waals surface area contributed by atoms with Gasteiger partial charge in [0.2, 0.25) is 0 Å². The van der Waals surface area contributed by atoms with Gasteiger partial charge in [-0.15, -0.1) is 12.3 Å². The maximum absolute atomic E-state index is 13.2. The van der Waals surface area contributed by atoms with Gasteiger partial charge < -0.3 is 14.6 Å². The molecule has 53 heavy (non-hydrogen) atoms. The lowest BCUT2D eigenvalue weighted by Crippen LogP contribution is -2.33. The Labute approximate surface area is 325 Å². The Balaban J connectivity index is 1.75. The van der Waals surface area contributed by atoms with E-state index in [9.17, 15) is 14.7 Å². The topological polar surface area (TPSA) is 72.8 Å². The van der Waals surface area contributed by atoms with Crippen LogP contribution in [0.15, 0.2) is 59.8 Å². The van der Waals surface area contributed by atoms with Gasteiger partial charge >= 0.3 is 0 Å². The number of hydrogen-bond donors (Lipinski definition) is 1. The van der Waals surface area contributed by atoms with Crippen LogP contribution in [-0.2, 0) is 19.1 Å². The predicted octanol–water partition coefficient (Wildman–Crippen LogP) is 11.5. The normalized spacial score (nSPS) is 26.5. The standard InChI is InChI=1S/C48H76O5/c1-12-17-42(24-27-48(10)28-25-43(52-11)26-29-48)23-22-35(3)30-37(5)38(6)32-45(50)39(7)31-34(2)18-14-13-15-19-36(4)46(51)33-44-20-16-21-47(53-44)40(8)41(9)49/h1,13-15,18-19,30,34-35,38-39,42-44,46-47,51H,8,16-17,20-29,31-33H2,2-7,9-11H3/b15-13+,18-14+,36-19+,37-30+. The molecule has 0 radical (unpaired) electrons. The lowest BCUT2D eigenvalue weighted by molar-refractivity contribution is -0.123. The fourth-order valence-corrected chi connectivity index (χ4v) is 8.10. The smallest absolute Gasteiger partial charge is 0.157 e. The van der Waals surface area contributed by atoms with Gasteiger partial charge in [-0.05, 0) is 132 Å². The Morgan fingerprint density at radius 1 is 0.962 bits per heavy atom. The minimum atomic E-state index is -0.602. The Morgan fingerprint density at radius 3 is 2.30 bits per heavy atom. The number of methoxy groups -OCH3 is 1. The van der Waals surface area contributed by atoms with E-state index in [4.69, 9.17) is 15.9 Å². The zero-order valence-electron chi connectivity index (χ0n) is 35.1.